The summed E-state index contributed by atoms with van der Waals surface area (Å²) in [6.45, 7) is 3.35. The van der Waals surface area contributed by atoms with Crippen LogP contribution in [0.1, 0.15) is 20.8 Å². The Morgan fingerprint density at radius 2 is 1.38 bits per heavy atom. The Kier molecular flexibility index (Phi) is 5.01. The molecule has 1 rings (SSSR count). The maximum absolute atomic E-state index is 12.1. The van der Waals surface area contributed by atoms with Crippen LogP contribution in [-0.2, 0) is 29.2 Å². The fraction of sp³-hybridized carbons (Fsp3) is 0.583. The number of Topliss-reactive ketones (excluding diaryl/α,β-unsaturated/α-hetero) is 1. The Labute approximate surface area is 119 Å². The van der Waals surface area contributed by atoms with Crippen LogP contribution in [0.3, 0.4) is 0 Å². The highest BCUT2D eigenvalue weighted by molar-refractivity contribution is 5.75. The fourth-order valence-electron chi connectivity index (χ4n) is 1.83. The molecule has 0 saturated carbocycles. The molecular formula is C12H17N3O6. The molecule has 9 heteroatoms. The number of hydrogen-bond acceptors (Lipinski definition) is 5. The van der Waals surface area contributed by atoms with Crippen molar-refractivity contribution >= 4 is 11.8 Å². The Hall–Kier alpha value is -2.45. The molecule has 1 aromatic rings. The largest absolute Gasteiger partial charge is 0.480 e. The summed E-state index contributed by atoms with van der Waals surface area (Å²) in [5, 5.41) is 8.77. The van der Waals surface area contributed by atoms with Crippen LogP contribution in [0.2, 0.25) is 0 Å². The topological polar surface area (TPSA) is 120 Å². The second kappa shape index (κ2) is 6.33. The number of hydrogen-bond donors (Lipinski definition) is 1. The van der Waals surface area contributed by atoms with Crippen molar-refractivity contribution in [2.24, 2.45) is 5.92 Å². The second-order valence-electron chi connectivity index (χ2n) is 5.12. The number of ketones is 1. The SMILES string of the molecule is CC(=O)Cn1c(=O)n(CC(=O)O)c(=O)n(CC(C)C)c1=O. The van der Waals surface area contributed by atoms with E-state index in [2.05, 4.69) is 0 Å². The van der Waals surface area contributed by atoms with E-state index in [9.17, 15) is 24.0 Å². The Bertz CT molecular complexity index is 683. The van der Waals surface area contributed by atoms with E-state index in [1.54, 1.807) is 13.8 Å². The lowest BCUT2D eigenvalue weighted by atomic mass is 10.2. The summed E-state index contributed by atoms with van der Waals surface area (Å²) in [5.41, 5.74) is -2.99. The van der Waals surface area contributed by atoms with Crippen molar-refractivity contribution in [2.75, 3.05) is 0 Å². The van der Waals surface area contributed by atoms with E-state index in [1.807, 2.05) is 0 Å². The lowest BCUT2D eigenvalue weighted by Crippen LogP contribution is -2.56. The number of carboxylic acids is 1. The molecule has 0 atom stereocenters. The van der Waals surface area contributed by atoms with Crippen molar-refractivity contribution in [3.05, 3.63) is 31.5 Å². The number of nitrogens with zero attached hydrogens (tertiary/aromatic N) is 3. The van der Waals surface area contributed by atoms with Gasteiger partial charge in [-0.2, -0.15) is 0 Å². The van der Waals surface area contributed by atoms with E-state index in [0.29, 0.717) is 9.13 Å². The summed E-state index contributed by atoms with van der Waals surface area (Å²) in [7, 11) is 0. The number of carbonyl (C=O) groups excluding carboxylic acids is 1. The van der Waals surface area contributed by atoms with Crippen LogP contribution in [0.15, 0.2) is 14.4 Å². The van der Waals surface area contributed by atoms with Gasteiger partial charge in [-0.1, -0.05) is 13.8 Å². The van der Waals surface area contributed by atoms with Gasteiger partial charge in [0.05, 0.1) is 6.54 Å². The van der Waals surface area contributed by atoms with Crippen LogP contribution in [-0.4, -0.2) is 30.6 Å². The van der Waals surface area contributed by atoms with Crippen LogP contribution in [0.25, 0.3) is 0 Å². The van der Waals surface area contributed by atoms with Crippen LogP contribution >= 0.6 is 0 Å². The molecule has 0 aliphatic carbocycles. The van der Waals surface area contributed by atoms with Crippen molar-refractivity contribution in [1.82, 2.24) is 13.7 Å². The van der Waals surface area contributed by atoms with Crippen LogP contribution < -0.4 is 17.1 Å². The van der Waals surface area contributed by atoms with Gasteiger partial charge in [-0.15, -0.1) is 0 Å². The average molecular weight is 299 g/mol. The van der Waals surface area contributed by atoms with Crippen LogP contribution in [0, 0.1) is 5.92 Å². The average Bonchev–Trinajstić information content (AvgIpc) is 2.35. The van der Waals surface area contributed by atoms with Gasteiger partial charge in [0.25, 0.3) is 0 Å². The third-order valence-corrected chi connectivity index (χ3v) is 2.61. The van der Waals surface area contributed by atoms with Gasteiger partial charge in [0.2, 0.25) is 0 Å². The molecule has 1 N–H and O–H groups in total. The van der Waals surface area contributed by atoms with E-state index in [4.69, 9.17) is 5.11 Å². The Morgan fingerprint density at radius 3 is 1.76 bits per heavy atom. The van der Waals surface area contributed by atoms with E-state index >= 15 is 0 Å². The third kappa shape index (κ3) is 3.77. The van der Waals surface area contributed by atoms with E-state index in [-0.39, 0.29) is 12.5 Å². The van der Waals surface area contributed by atoms with Gasteiger partial charge in [-0.25, -0.2) is 28.1 Å². The lowest BCUT2D eigenvalue weighted by Gasteiger charge is -2.13. The molecule has 116 valence electrons. The quantitative estimate of drug-likeness (QED) is 0.682. The molecule has 0 aromatic carbocycles. The highest BCUT2D eigenvalue weighted by Crippen LogP contribution is 1.92. The number of aromatic nitrogens is 3. The Balaban J connectivity index is 3.70. The molecule has 1 aromatic heterocycles. The van der Waals surface area contributed by atoms with Crippen molar-refractivity contribution in [3.8, 4) is 0 Å². The molecule has 1 heterocycles. The number of rotatable bonds is 6. The maximum atomic E-state index is 12.1. The minimum absolute atomic E-state index is 0.0233. The van der Waals surface area contributed by atoms with E-state index in [0.717, 1.165) is 4.57 Å². The van der Waals surface area contributed by atoms with Gasteiger partial charge in [-0.05, 0) is 12.8 Å². The molecule has 0 spiro atoms. The zero-order valence-corrected chi connectivity index (χ0v) is 12.0. The lowest BCUT2D eigenvalue weighted by molar-refractivity contribution is -0.137. The summed E-state index contributed by atoms with van der Waals surface area (Å²) < 4.78 is 1.79. The highest BCUT2D eigenvalue weighted by atomic mass is 16.4. The highest BCUT2D eigenvalue weighted by Gasteiger charge is 2.18. The monoisotopic (exact) mass is 299 g/mol. The number of carboxylic acid groups (broad SMARTS) is 1. The van der Waals surface area contributed by atoms with Crippen LogP contribution in [0.5, 0.6) is 0 Å². The molecule has 0 unspecified atom stereocenters. The summed E-state index contributed by atoms with van der Waals surface area (Å²) in [6, 6.07) is 0. The molecule has 0 amide bonds. The zero-order chi connectivity index (χ0) is 16.3. The van der Waals surface area contributed by atoms with Gasteiger partial charge in [0.15, 0.2) is 0 Å². The van der Waals surface area contributed by atoms with Gasteiger partial charge >= 0.3 is 23.0 Å². The molecule has 21 heavy (non-hydrogen) atoms. The van der Waals surface area contributed by atoms with Gasteiger partial charge in [0, 0.05) is 6.54 Å². The van der Waals surface area contributed by atoms with Crippen molar-refractivity contribution in [2.45, 2.75) is 40.4 Å². The molecule has 0 saturated heterocycles. The summed E-state index contributed by atoms with van der Waals surface area (Å²) in [5.74, 6) is -1.92. The van der Waals surface area contributed by atoms with Gasteiger partial charge < -0.3 is 5.11 Å². The van der Waals surface area contributed by atoms with Crippen molar-refractivity contribution in [1.29, 1.82) is 0 Å². The summed E-state index contributed by atoms with van der Waals surface area (Å²) in [6.07, 6.45) is 0. The molecular weight excluding hydrogens is 282 g/mol. The first-order valence-electron chi connectivity index (χ1n) is 6.30. The predicted octanol–water partition coefficient (Wildman–Crippen LogP) is -1.50. The second-order valence-corrected chi connectivity index (χ2v) is 5.12. The minimum Gasteiger partial charge on any atom is -0.480 e. The molecule has 0 bridgehead atoms. The molecule has 0 fully saturated rings. The standard InChI is InChI=1S/C12H17N3O6/c1-7(2)4-13-10(19)14(5-8(3)16)12(21)15(11(13)20)6-9(17)18/h7H,4-6H2,1-3H3,(H,17,18). The molecule has 0 aliphatic heterocycles. The normalized spacial score (nSPS) is 10.9. The first kappa shape index (κ1) is 16.6. The van der Waals surface area contributed by atoms with Gasteiger partial charge in [0.1, 0.15) is 12.3 Å². The fourth-order valence-corrected chi connectivity index (χ4v) is 1.83. The summed E-state index contributed by atoms with van der Waals surface area (Å²) >= 11 is 0. The smallest absolute Gasteiger partial charge is 0.337 e. The maximum Gasteiger partial charge on any atom is 0.337 e. The molecule has 0 radical (unpaired) electrons. The van der Waals surface area contributed by atoms with E-state index < -0.39 is 41.9 Å². The first-order chi connectivity index (χ1) is 9.65. The Morgan fingerprint density at radius 1 is 0.952 bits per heavy atom. The van der Waals surface area contributed by atoms with Gasteiger partial charge in [-0.3, -0.25) is 9.59 Å². The van der Waals surface area contributed by atoms with Crippen molar-refractivity contribution in [3.63, 3.8) is 0 Å². The number of carbonyl (C=O) groups is 2. The van der Waals surface area contributed by atoms with Crippen molar-refractivity contribution < 1.29 is 14.7 Å². The molecule has 9 nitrogen and oxygen atoms in total. The summed E-state index contributed by atoms with van der Waals surface area (Å²) in [4.78, 5) is 58.2. The third-order valence-electron chi connectivity index (χ3n) is 2.61. The first-order valence-corrected chi connectivity index (χ1v) is 6.30. The molecule has 0 aliphatic rings. The van der Waals surface area contributed by atoms with Crippen LogP contribution in [0.4, 0.5) is 0 Å². The van der Waals surface area contributed by atoms with E-state index in [1.165, 1.54) is 6.92 Å². The minimum atomic E-state index is -1.39. The number of aliphatic carboxylic acids is 1. The zero-order valence-electron chi connectivity index (χ0n) is 12.0. The predicted molar refractivity (Wildman–Crippen MR) is 72.4 cm³/mol.